The number of amides is 1. The van der Waals surface area contributed by atoms with E-state index in [-0.39, 0.29) is 5.91 Å². The van der Waals surface area contributed by atoms with Crippen LogP contribution in [-0.4, -0.2) is 17.1 Å². The van der Waals surface area contributed by atoms with Crippen molar-refractivity contribution < 1.29 is 4.79 Å². The highest BCUT2D eigenvalue weighted by Crippen LogP contribution is 2.25. The Kier molecular flexibility index (Phi) is 6.00. The lowest BCUT2D eigenvalue weighted by Gasteiger charge is -2.09. The number of rotatable bonds is 6. The molecule has 0 saturated carbocycles. The largest absolute Gasteiger partial charge is 0.272 e. The van der Waals surface area contributed by atoms with E-state index in [9.17, 15) is 4.79 Å². The number of pyridine rings is 1. The first-order valence-electron chi connectivity index (χ1n) is 10.0. The number of benzene rings is 2. The van der Waals surface area contributed by atoms with Gasteiger partial charge < -0.3 is 0 Å². The molecule has 0 aliphatic carbocycles. The van der Waals surface area contributed by atoms with E-state index in [1.807, 2.05) is 48.7 Å². The Morgan fingerprint density at radius 2 is 1.93 bits per heavy atom. The summed E-state index contributed by atoms with van der Waals surface area (Å²) in [4.78, 5) is 18.8. The number of nitrogens with one attached hydrogen (secondary N) is 1. The summed E-state index contributed by atoms with van der Waals surface area (Å²) < 4.78 is 0. The van der Waals surface area contributed by atoms with E-state index in [1.54, 1.807) is 17.6 Å². The number of fused-ring (bicyclic) bond motifs is 1. The molecule has 0 saturated heterocycles. The Bertz CT molecular complexity index is 1210. The number of hydrazone groups is 1. The van der Waals surface area contributed by atoms with Crippen LogP contribution in [0.4, 0.5) is 0 Å². The quantitative estimate of drug-likeness (QED) is 0.312. The second-order valence-electron chi connectivity index (χ2n) is 7.19. The van der Waals surface area contributed by atoms with Gasteiger partial charge in [-0.05, 0) is 48.1 Å². The molecule has 4 nitrogen and oxygen atoms in total. The van der Waals surface area contributed by atoms with Crippen molar-refractivity contribution in [2.24, 2.45) is 5.10 Å². The summed E-state index contributed by atoms with van der Waals surface area (Å²) in [5.74, 6) is -0.247. The van der Waals surface area contributed by atoms with E-state index in [1.165, 1.54) is 5.56 Å². The zero-order valence-corrected chi connectivity index (χ0v) is 17.9. The van der Waals surface area contributed by atoms with Crippen LogP contribution in [0.25, 0.3) is 22.2 Å². The third-order valence-electron chi connectivity index (χ3n) is 5.00. The van der Waals surface area contributed by atoms with Crippen LogP contribution in [-0.2, 0) is 6.42 Å². The van der Waals surface area contributed by atoms with Crippen LogP contribution in [0.5, 0.6) is 0 Å². The SMILES string of the molecule is CCCc1ccc(-c2cc(C(=O)N/N=C/c3sccc3C)c3ccccc3n2)cc1. The first-order chi connectivity index (χ1) is 14.7. The number of thiophene rings is 1. The van der Waals surface area contributed by atoms with Crippen molar-refractivity contribution in [3.05, 3.63) is 87.6 Å². The minimum Gasteiger partial charge on any atom is -0.267 e. The maximum atomic E-state index is 12.9. The summed E-state index contributed by atoms with van der Waals surface area (Å²) in [5, 5.41) is 6.97. The number of nitrogens with zero attached hydrogens (tertiary/aromatic N) is 2. The highest BCUT2D eigenvalue weighted by molar-refractivity contribution is 7.11. The molecule has 2 aromatic carbocycles. The van der Waals surface area contributed by atoms with Gasteiger partial charge in [0.15, 0.2) is 0 Å². The van der Waals surface area contributed by atoms with Gasteiger partial charge in [-0.25, -0.2) is 10.4 Å². The van der Waals surface area contributed by atoms with Gasteiger partial charge in [0.05, 0.1) is 23.0 Å². The van der Waals surface area contributed by atoms with Crippen LogP contribution in [0.3, 0.4) is 0 Å². The predicted molar refractivity (Wildman–Crippen MR) is 125 cm³/mol. The van der Waals surface area contributed by atoms with Gasteiger partial charge in [-0.15, -0.1) is 11.3 Å². The molecule has 0 spiro atoms. The lowest BCUT2D eigenvalue weighted by molar-refractivity contribution is 0.0956. The Morgan fingerprint density at radius 3 is 2.67 bits per heavy atom. The molecular formula is C25H23N3OS. The molecule has 0 bridgehead atoms. The van der Waals surface area contributed by atoms with Crippen molar-refractivity contribution in [2.45, 2.75) is 26.7 Å². The molecule has 0 fully saturated rings. The Balaban J connectivity index is 1.67. The molecular weight excluding hydrogens is 390 g/mol. The van der Waals surface area contributed by atoms with Crippen LogP contribution < -0.4 is 5.43 Å². The maximum absolute atomic E-state index is 12.9. The monoisotopic (exact) mass is 413 g/mol. The number of carbonyl (C=O) groups is 1. The summed E-state index contributed by atoms with van der Waals surface area (Å²) in [7, 11) is 0. The number of aryl methyl sites for hydroxylation is 2. The summed E-state index contributed by atoms with van der Waals surface area (Å²) >= 11 is 1.59. The van der Waals surface area contributed by atoms with Crippen molar-refractivity contribution in [3.63, 3.8) is 0 Å². The van der Waals surface area contributed by atoms with Crippen molar-refractivity contribution >= 4 is 34.4 Å². The normalized spacial score (nSPS) is 11.3. The lowest BCUT2D eigenvalue weighted by Crippen LogP contribution is -2.18. The molecule has 4 rings (SSSR count). The minimum atomic E-state index is -0.247. The van der Waals surface area contributed by atoms with Crippen molar-refractivity contribution in [1.29, 1.82) is 0 Å². The Morgan fingerprint density at radius 1 is 1.13 bits per heavy atom. The zero-order chi connectivity index (χ0) is 20.9. The highest BCUT2D eigenvalue weighted by atomic mass is 32.1. The third kappa shape index (κ3) is 4.31. The molecule has 0 aliphatic heterocycles. The Labute approximate surface area is 180 Å². The lowest BCUT2D eigenvalue weighted by atomic mass is 10.0. The Hall–Kier alpha value is -3.31. The van der Waals surface area contributed by atoms with E-state index in [0.29, 0.717) is 5.56 Å². The third-order valence-corrected chi connectivity index (χ3v) is 5.95. The van der Waals surface area contributed by atoms with Gasteiger partial charge in [0.2, 0.25) is 0 Å². The smallest absolute Gasteiger partial charge is 0.267 e. The minimum absolute atomic E-state index is 0.247. The van der Waals surface area contributed by atoms with Crippen LogP contribution in [0, 0.1) is 6.92 Å². The van der Waals surface area contributed by atoms with Gasteiger partial charge >= 0.3 is 0 Å². The summed E-state index contributed by atoms with van der Waals surface area (Å²) in [6.45, 7) is 4.19. The summed E-state index contributed by atoms with van der Waals surface area (Å²) in [6.07, 6.45) is 3.86. The summed E-state index contributed by atoms with van der Waals surface area (Å²) in [6, 6.07) is 20.0. The molecule has 0 radical (unpaired) electrons. The van der Waals surface area contributed by atoms with Crippen LogP contribution >= 0.6 is 11.3 Å². The average molecular weight is 414 g/mol. The first-order valence-corrected chi connectivity index (χ1v) is 10.9. The van der Waals surface area contributed by atoms with Crippen molar-refractivity contribution in [1.82, 2.24) is 10.4 Å². The van der Waals surface area contributed by atoms with Gasteiger partial charge in [-0.1, -0.05) is 55.8 Å². The molecule has 0 aliphatic rings. The van der Waals surface area contributed by atoms with E-state index in [2.05, 4.69) is 41.7 Å². The maximum Gasteiger partial charge on any atom is 0.272 e. The number of para-hydroxylation sites is 1. The van der Waals surface area contributed by atoms with E-state index >= 15 is 0 Å². The average Bonchev–Trinajstić information content (AvgIpc) is 3.18. The van der Waals surface area contributed by atoms with Crippen LogP contribution in [0.15, 0.2) is 71.1 Å². The number of hydrogen-bond donors (Lipinski definition) is 1. The molecule has 1 amide bonds. The fraction of sp³-hybridized carbons (Fsp3) is 0.160. The second kappa shape index (κ2) is 9.01. The number of aromatic nitrogens is 1. The van der Waals surface area contributed by atoms with Crippen molar-refractivity contribution in [3.8, 4) is 11.3 Å². The standard InChI is InChI=1S/C25H23N3OS/c1-3-6-18-9-11-19(12-10-18)23-15-21(20-7-4-5-8-22(20)27-23)25(29)28-26-16-24-17(2)13-14-30-24/h4-5,7-16H,3,6H2,1-2H3,(H,28,29)/b26-16+. The molecule has 2 aromatic heterocycles. The van der Waals surface area contributed by atoms with Crippen molar-refractivity contribution in [2.75, 3.05) is 0 Å². The molecule has 0 atom stereocenters. The number of hydrogen-bond acceptors (Lipinski definition) is 4. The van der Waals surface area contributed by atoms with Gasteiger partial charge in [0.25, 0.3) is 5.91 Å². The first kappa shape index (κ1) is 20.0. The topological polar surface area (TPSA) is 54.4 Å². The van der Waals surface area contributed by atoms with E-state index < -0.39 is 0 Å². The fourth-order valence-electron chi connectivity index (χ4n) is 3.37. The molecule has 5 heteroatoms. The number of carbonyl (C=O) groups excluding carboxylic acids is 1. The van der Waals surface area contributed by atoms with Gasteiger partial charge in [-0.2, -0.15) is 5.10 Å². The van der Waals surface area contributed by atoms with Crippen LogP contribution in [0.2, 0.25) is 0 Å². The van der Waals surface area contributed by atoms with Crippen LogP contribution in [0.1, 0.15) is 39.7 Å². The molecule has 2 heterocycles. The molecule has 4 aromatic rings. The molecule has 0 unspecified atom stereocenters. The molecule has 150 valence electrons. The molecule has 30 heavy (non-hydrogen) atoms. The van der Waals surface area contributed by atoms with Gasteiger partial charge in [0, 0.05) is 15.8 Å². The zero-order valence-electron chi connectivity index (χ0n) is 17.1. The summed E-state index contributed by atoms with van der Waals surface area (Å²) in [5.41, 5.74) is 8.24. The fourth-order valence-corrected chi connectivity index (χ4v) is 4.15. The second-order valence-corrected chi connectivity index (χ2v) is 8.13. The van der Waals surface area contributed by atoms with Gasteiger partial charge in [-0.3, -0.25) is 4.79 Å². The predicted octanol–water partition coefficient (Wildman–Crippen LogP) is 5.99. The van der Waals surface area contributed by atoms with Gasteiger partial charge in [0.1, 0.15) is 0 Å². The van der Waals surface area contributed by atoms with E-state index in [4.69, 9.17) is 4.98 Å². The van der Waals surface area contributed by atoms with E-state index in [0.717, 1.165) is 45.4 Å². The molecule has 1 N–H and O–H groups in total. The highest BCUT2D eigenvalue weighted by Gasteiger charge is 2.13.